The first-order valence-corrected chi connectivity index (χ1v) is 14.9. The van der Waals surface area contributed by atoms with Crippen molar-refractivity contribution in [2.24, 2.45) is 0 Å². The van der Waals surface area contributed by atoms with Gasteiger partial charge in [-0.2, -0.15) is 0 Å². The lowest BCUT2D eigenvalue weighted by Crippen LogP contribution is -2.48. The predicted octanol–water partition coefficient (Wildman–Crippen LogP) is 3.04. The van der Waals surface area contributed by atoms with Gasteiger partial charge in [0.25, 0.3) is 15.9 Å². The van der Waals surface area contributed by atoms with Crippen LogP contribution in [-0.4, -0.2) is 68.3 Å². The third kappa shape index (κ3) is 6.00. The molecular formula is C30H30FN3O7S. The molecule has 12 heteroatoms. The molecule has 2 heterocycles. The van der Waals surface area contributed by atoms with Crippen molar-refractivity contribution in [3.8, 4) is 5.75 Å². The first-order valence-electron chi connectivity index (χ1n) is 13.4. The van der Waals surface area contributed by atoms with E-state index in [1.807, 2.05) is 0 Å². The molecule has 1 fully saturated rings. The smallest absolute Gasteiger partial charge is 0.269 e. The van der Waals surface area contributed by atoms with Crippen molar-refractivity contribution in [1.29, 1.82) is 0 Å². The molecule has 2 aliphatic heterocycles. The molecule has 42 heavy (non-hydrogen) atoms. The lowest BCUT2D eigenvalue weighted by Gasteiger charge is -2.33. The van der Waals surface area contributed by atoms with E-state index in [9.17, 15) is 27.2 Å². The molecule has 3 aromatic carbocycles. The number of halogens is 1. The number of nitrogens with one attached hydrogen (secondary N) is 1. The van der Waals surface area contributed by atoms with Crippen LogP contribution in [0.5, 0.6) is 5.75 Å². The number of amides is 3. The number of carbonyl (C=O) groups excluding carboxylic acids is 3. The highest BCUT2D eigenvalue weighted by atomic mass is 32.2. The Kier molecular flexibility index (Phi) is 8.55. The van der Waals surface area contributed by atoms with E-state index in [1.54, 1.807) is 24.3 Å². The molecule has 2 unspecified atom stereocenters. The third-order valence-electron chi connectivity index (χ3n) is 7.27. The van der Waals surface area contributed by atoms with Crippen LogP contribution < -0.4 is 10.1 Å². The van der Waals surface area contributed by atoms with Crippen molar-refractivity contribution in [3.05, 3.63) is 95.3 Å². The molecule has 0 bridgehead atoms. The van der Waals surface area contributed by atoms with Crippen LogP contribution in [0.1, 0.15) is 40.4 Å². The van der Waals surface area contributed by atoms with Crippen molar-refractivity contribution >= 4 is 27.7 Å². The Hall–Kier alpha value is -4.29. The Morgan fingerprint density at radius 1 is 1.12 bits per heavy atom. The third-order valence-corrected chi connectivity index (χ3v) is 9.06. The zero-order chi connectivity index (χ0) is 29.9. The molecule has 2 aliphatic rings. The van der Waals surface area contributed by atoms with Gasteiger partial charge < -0.3 is 19.7 Å². The Morgan fingerprint density at radius 2 is 1.88 bits per heavy atom. The van der Waals surface area contributed by atoms with Crippen molar-refractivity contribution in [2.45, 2.75) is 36.4 Å². The zero-order valence-electron chi connectivity index (χ0n) is 22.9. The van der Waals surface area contributed by atoms with Gasteiger partial charge in [0.15, 0.2) is 0 Å². The molecule has 0 aliphatic carbocycles. The first kappa shape index (κ1) is 29.2. The van der Waals surface area contributed by atoms with E-state index < -0.39 is 46.1 Å². The summed E-state index contributed by atoms with van der Waals surface area (Å²) in [5.74, 6) is -2.22. The first-order chi connectivity index (χ1) is 20.2. The van der Waals surface area contributed by atoms with E-state index >= 15 is 0 Å². The standard InChI is InChI=1S/C30H30FN3O7S/c1-40-23-7-4-6-21(16-23)28(29(36)32-17-24-8-5-15-41-24)33(18-20-11-13-22(31)14-12-20)27(35)19-34-30(37)25-9-2-3-10-26(25)42(34,38)39/h2-4,6-7,9-14,16,24,28H,5,8,15,17-19H2,1H3,(H,32,36). The van der Waals surface area contributed by atoms with Crippen LogP contribution in [0.25, 0.3) is 0 Å². The number of fused-ring (bicyclic) bond motifs is 1. The maximum atomic E-state index is 14.0. The fourth-order valence-corrected chi connectivity index (χ4v) is 6.63. The van der Waals surface area contributed by atoms with Gasteiger partial charge in [0.1, 0.15) is 29.0 Å². The number of methoxy groups -OCH3 is 1. The summed E-state index contributed by atoms with van der Waals surface area (Å²) in [5, 5.41) is 2.87. The van der Waals surface area contributed by atoms with Gasteiger partial charge in [-0.1, -0.05) is 36.4 Å². The number of sulfonamides is 1. The molecule has 0 radical (unpaired) electrons. The van der Waals surface area contributed by atoms with E-state index in [-0.39, 0.29) is 29.7 Å². The number of benzene rings is 3. The van der Waals surface area contributed by atoms with Gasteiger partial charge in [-0.15, -0.1) is 0 Å². The molecule has 1 N–H and O–H groups in total. The van der Waals surface area contributed by atoms with Crippen LogP contribution in [-0.2, 0) is 30.9 Å². The van der Waals surface area contributed by atoms with Gasteiger partial charge in [0, 0.05) is 19.7 Å². The summed E-state index contributed by atoms with van der Waals surface area (Å²) >= 11 is 0. The minimum absolute atomic E-state index is 0.0333. The van der Waals surface area contributed by atoms with Gasteiger partial charge in [-0.3, -0.25) is 14.4 Å². The molecule has 2 atom stereocenters. The van der Waals surface area contributed by atoms with Gasteiger partial charge in [-0.25, -0.2) is 17.1 Å². The fraction of sp³-hybridized carbons (Fsp3) is 0.300. The van der Waals surface area contributed by atoms with Crippen molar-refractivity contribution in [3.63, 3.8) is 0 Å². The number of ether oxygens (including phenoxy) is 2. The van der Waals surface area contributed by atoms with Crippen LogP contribution in [0.15, 0.2) is 77.7 Å². The molecule has 0 spiro atoms. The van der Waals surface area contributed by atoms with Gasteiger partial charge in [-0.05, 0) is 60.4 Å². The van der Waals surface area contributed by atoms with E-state index in [0.717, 1.165) is 12.8 Å². The van der Waals surface area contributed by atoms with E-state index in [2.05, 4.69) is 5.32 Å². The van der Waals surface area contributed by atoms with Crippen LogP contribution in [0.3, 0.4) is 0 Å². The van der Waals surface area contributed by atoms with Gasteiger partial charge >= 0.3 is 0 Å². The summed E-state index contributed by atoms with van der Waals surface area (Å²) in [7, 11) is -2.83. The Morgan fingerprint density at radius 3 is 2.57 bits per heavy atom. The van der Waals surface area contributed by atoms with Crippen LogP contribution in [0, 0.1) is 5.82 Å². The number of carbonyl (C=O) groups is 3. The summed E-state index contributed by atoms with van der Waals surface area (Å²) in [6.07, 6.45) is 1.47. The Labute approximate surface area is 243 Å². The SMILES string of the molecule is COc1cccc(C(C(=O)NCC2CCCO2)N(Cc2ccc(F)cc2)C(=O)CN2C(=O)c3ccccc3S2(=O)=O)c1. The zero-order valence-corrected chi connectivity index (χ0v) is 23.7. The van der Waals surface area contributed by atoms with Crippen LogP contribution >= 0.6 is 0 Å². The minimum atomic E-state index is -4.30. The summed E-state index contributed by atoms with van der Waals surface area (Å²) in [6, 6.07) is 16.5. The normalized spacial score (nSPS) is 17.9. The number of nitrogens with zero attached hydrogens (tertiary/aromatic N) is 2. The number of rotatable bonds is 10. The van der Waals surface area contributed by atoms with Crippen molar-refractivity contribution in [2.75, 3.05) is 26.8 Å². The highest BCUT2D eigenvalue weighted by molar-refractivity contribution is 7.90. The second-order valence-electron chi connectivity index (χ2n) is 10.0. The number of hydrogen-bond acceptors (Lipinski definition) is 7. The summed E-state index contributed by atoms with van der Waals surface area (Å²) < 4.78 is 51.7. The van der Waals surface area contributed by atoms with E-state index in [0.29, 0.717) is 27.8 Å². The van der Waals surface area contributed by atoms with Crippen LogP contribution in [0.4, 0.5) is 4.39 Å². The predicted molar refractivity (Wildman–Crippen MR) is 149 cm³/mol. The quantitative estimate of drug-likeness (QED) is 0.382. The number of hydrogen-bond donors (Lipinski definition) is 1. The topological polar surface area (TPSA) is 122 Å². The summed E-state index contributed by atoms with van der Waals surface area (Å²) in [6.45, 7) is -0.207. The highest BCUT2D eigenvalue weighted by Crippen LogP contribution is 2.32. The summed E-state index contributed by atoms with van der Waals surface area (Å²) in [4.78, 5) is 42.0. The molecule has 3 amide bonds. The Balaban J connectivity index is 1.52. The van der Waals surface area contributed by atoms with Crippen molar-refractivity contribution < 1.29 is 36.7 Å². The van der Waals surface area contributed by atoms with Gasteiger partial charge in [0.2, 0.25) is 11.8 Å². The second kappa shape index (κ2) is 12.3. The average Bonchev–Trinajstić information content (AvgIpc) is 3.58. The van der Waals surface area contributed by atoms with Crippen molar-refractivity contribution in [1.82, 2.24) is 14.5 Å². The summed E-state index contributed by atoms with van der Waals surface area (Å²) in [5.41, 5.74) is 0.853. The Bertz CT molecular complexity index is 1590. The van der Waals surface area contributed by atoms with Crippen LogP contribution in [0.2, 0.25) is 0 Å². The second-order valence-corrected chi connectivity index (χ2v) is 11.9. The maximum absolute atomic E-state index is 14.0. The maximum Gasteiger partial charge on any atom is 0.269 e. The van der Waals surface area contributed by atoms with E-state index in [4.69, 9.17) is 9.47 Å². The minimum Gasteiger partial charge on any atom is -0.497 e. The highest BCUT2D eigenvalue weighted by Gasteiger charge is 2.43. The largest absolute Gasteiger partial charge is 0.497 e. The molecule has 0 aromatic heterocycles. The van der Waals surface area contributed by atoms with E-state index in [1.165, 1.54) is 60.5 Å². The molecule has 3 aromatic rings. The lowest BCUT2D eigenvalue weighted by molar-refractivity contribution is -0.141. The molecular weight excluding hydrogens is 565 g/mol. The molecule has 1 saturated heterocycles. The van der Waals surface area contributed by atoms with Gasteiger partial charge in [0.05, 0.1) is 18.8 Å². The molecule has 5 rings (SSSR count). The fourth-order valence-electron chi connectivity index (χ4n) is 5.11. The monoisotopic (exact) mass is 595 g/mol. The molecule has 0 saturated carbocycles. The lowest BCUT2D eigenvalue weighted by atomic mass is 10.0. The average molecular weight is 596 g/mol. The molecule has 220 valence electrons. The molecule has 10 nitrogen and oxygen atoms in total.